The van der Waals surface area contributed by atoms with Gasteiger partial charge >= 0.3 is 0 Å². The Labute approximate surface area is 252 Å². The minimum absolute atomic E-state index is 0.0440. The minimum atomic E-state index is -1.46. The first-order chi connectivity index (χ1) is 19.6. The topological polar surface area (TPSA) is 99.1 Å². The first kappa shape index (κ1) is 36.0. The van der Waals surface area contributed by atoms with Crippen LogP contribution in [-0.2, 0) is 36.7 Å². The molecule has 1 heterocycles. The fourth-order valence-electron chi connectivity index (χ4n) is 4.12. The summed E-state index contributed by atoms with van der Waals surface area (Å²) in [5, 5.41) is 28.8. The van der Waals surface area contributed by atoms with Crippen molar-refractivity contribution in [3.8, 4) is 11.8 Å². The molecule has 0 fully saturated rings. The highest BCUT2D eigenvalue weighted by atomic mass is 32.2. The largest absolute Gasteiger partial charge is 0.508 e. The summed E-state index contributed by atoms with van der Waals surface area (Å²) in [5.41, 5.74) is 4.58. The van der Waals surface area contributed by atoms with Gasteiger partial charge in [-0.2, -0.15) is 5.26 Å². The van der Waals surface area contributed by atoms with Crippen LogP contribution in [0, 0.1) is 23.1 Å². The Morgan fingerprint density at radius 2 is 1.78 bits per heavy atom. The van der Waals surface area contributed by atoms with Crippen molar-refractivity contribution in [3.05, 3.63) is 87.2 Å². The van der Waals surface area contributed by atoms with Gasteiger partial charge in [-0.15, -0.1) is 11.3 Å². The van der Waals surface area contributed by atoms with Gasteiger partial charge in [0.15, 0.2) is 0 Å². The van der Waals surface area contributed by atoms with Crippen molar-refractivity contribution in [2.75, 3.05) is 5.32 Å². The first-order valence-electron chi connectivity index (χ1n) is 14.4. The number of rotatable bonds is 11. The Morgan fingerprint density at radius 3 is 2.24 bits per heavy atom. The molecular weight excluding hydrogens is 554 g/mol. The van der Waals surface area contributed by atoms with Crippen LogP contribution < -0.4 is 10.5 Å². The van der Waals surface area contributed by atoms with Crippen LogP contribution in [0.25, 0.3) is 0 Å². The fourth-order valence-corrected chi connectivity index (χ4v) is 5.70. The average Bonchev–Trinajstić information content (AvgIpc) is 3.29. The molecule has 0 bridgehead atoms. The zero-order valence-electron chi connectivity index (χ0n) is 25.5. The second-order valence-corrected chi connectivity index (χ2v) is 11.7. The Bertz CT molecular complexity index is 1290. The lowest BCUT2D eigenvalue weighted by Crippen LogP contribution is -2.05. The number of phenolic OH excluding ortho intramolecular Hbond substituents is 1. The number of phenols is 1. The molecule has 0 spiro atoms. The van der Waals surface area contributed by atoms with Crippen LogP contribution in [0.5, 0.6) is 5.75 Å². The molecule has 0 saturated heterocycles. The summed E-state index contributed by atoms with van der Waals surface area (Å²) in [6.07, 6.45) is 7.29. The summed E-state index contributed by atoms with van der Waals surface area (Å²) < 4.78 is 24.1. The maximum Gasteiger partial charge on any atom is 0.130 e. The number of nitrogens with one attached hydrogen (secondary N) is 1. The summed E-state index contributed by atoms with van der Waals surface area (Å²) in [6.45, 7) is 14.5. The number of aryl methyl sites for hydroxylation is 1. The standard InChI is InChI=1S/C23H31N3OS2.C8H9FO.C2H6/c1-5-7-18(14-17-9-11-19(12-10-17)29(25)27)26-23-21(15-24)20(13-8-16(3)4)22(6-2)28-23;1-2-6-7(9)4-3-5-8(6)10;1-2/h7,9-12,16,26H,5-6,8,13-14,25H2,1-4H3;3-5,10H,2H2,1H3;1-2H3/b18-7-;;. The number of allylic oxidation sites excluding steroid dienone is 2. The third kappa shape index (κ3) is 11.4. The van der Waals surface area contributed by atoms with E-state index in [2.05, 4.69) is 45.2 Å². The highest BCUT2D eigenvalue weighted by molar-refractivity contribution is 7.82. The summed E-state index contributed by atoms with van der Waals surface area (Å²) in [5.74, 6) is 0.328. The molecule has 0 saturated carbocycles. The summed E-state index contributed by atoms with van der Waals surface area (Å²) in [4.78, 5) is 1.92. The monoisotopic (exact) mass is 599 g/mol. The van der Waals surface area contributed by atoms with E-state index in [-0.39, 0.29) is 11.6 Å². The van der Waals surface area contributed by atoms with Crippen molar-refractivity contribution >= 4 is 27.3 Å². The molecule has 1 unspecified atom stereocenters. The Morgan fingerprint density at radius 1 is 1.12 bits per heavy atom. The number of nitrogens with two attached hydrogens (primary N) is 1. The number of halogens is 1. The van der Waals surface area contributed by atoms with E-state index >= 15 is 0 Å². The minimum Gasteiger partial charge on any atom is -0.508 e. The van der Waals surface area contributed by atoms with Crippen LogP contribution in [-0.4, -0.2) is 9.32 Å². The van der Waals surface area contributed by atoms with Gasteiger partial charge < -0.3 is 10.4 Å². The SMILES string of the molecule is CC.CC/C=C(/Cc1ccc(S(N)=O)cc1)Nc1sc(CC)c(CCC(C)C)c1C#N.CCc1c(O)cccc1F. The van der Waals surface area contributed by atoms with Gasteiger partial charge in [-0.05, 0) is 73.4 Å². The maximum absolute atomic E-state index is 12.7. The van der Waals surface area contributed by atoms with Crippen molar-refractivity contribution in [3.63, 3.8) is 0 Å². The molecule has 224 valence electrons. The van der Waals surface area contributed by atoms with Crippen LogP contribution in [0.1, 0.15) is 88.4 Å². The lowest BCUT2D eigenvalue weighted by atomic mass is 9.99. The van der Waals surface area contributed by atoms with E-state index in [1.807, 2.05) is 26.0 Å². The third-order valence-electron chi connectivity index (χ3n) is 6.22. The van der Waals surface area contributed by atoms with Crippen molar-refractivity contribution in [2.45, 2.75) is 91.9 Å². The zero-order chi connectivity index (χ0) is 30.9. The van der Waals surface area contributed by atoms with Crippen LogP contribution in [0.4, 0.5) is 9.39 Å². The maximum atomic E-state index is 12.7. The van der Waals surface area contributed by atoms with E-state index in [9.17, 15) is 13.9 Å². The molecule has 41 heavy (non-hydrogen) atoms. The second-order valence-electron chi connectivity index (χ2n) is 9.58. The fraction of sp³-hybridized carbons (Fsp3) is 0.424. The van der Waals surface area contributed by atoms with Gasteiger partial charge in [-0.3, -0.25) is 0 Å². The summed E-state index contributed by atoms with van der Waals surface area (Å²) >= 11 is 1.70. The van der Waals surface area contributed by atoms with Gasteiger partial charge in [0.2, 0.25) is 0 Å². The molecule has 0 aliphatic rings. The van der Waals surface area contributed by atoms with E-state index in [0.717, 1.165) is 53.9 Å². The molecule has 8 heteroatoms. The zero-order valence-corrected chi connectivity index (χ0v) is 27.1. The number of hydrogen-bond acceptors (Lipinski definition) is 5. The number of thiophene rings is 1. The predicted octanol–water partition coefficient (Wildman–Crippen LogP) is 8.82. The Kier molecular flexibility index (Phi) is 16.9. The highest BCUT2D eigenvalue weighted by Crippen LogP contribution is 2.36. The van der Waals surface area contributed by atoms with Gasteiger partial charge in [0.05, 0.1) is 10.5 Å². The summed E-state index contributed by atoms with van der Waals surface area (Å²) in [6, 6.07) is 14.3. The predicted molar refractivity (Wildman–Crippen MR) is 173 cm³/mol. The number of aromatic hydroxyl groups is 1. The first-order valence-corrected chi connectivity index (χ1v) is 16.4. The Hall–Kier alpha value is -2.99. The van der Waals surface area contributed by atoms with E-state index in [0.29, 0.717) is 22.8 Å². The van der Waals surface area contributed by atoms with Crippen LogP contribution in [0.3, 0.4) is 0 Å². The average molecular weight is 600 g/mol. The van der Waals surface area contributed by atoms with E-state index in [1.54, 1.807) is 30.4 Å². The van der Waals surface area contributed by atoms with Gasteiger partial charge in [-0.25, -0.2) is 13.7 Å². The molecule has 0 aliphatic heterocycles. The molecule has 3 rings (SSSR count). The third-order valence-corrected chi connectivity index (χ3v) is 8.25. The number of nitriles is 1. The van der Waals surface area contributed by atoms with Gasteiger partial charge in [0, 0.05) is 22.6 Å². The molecule has 5 nitrogen and oxygen atoms in total. The van der Waals surface area contributed by atoms with E-state index < -0.39 is 11.0 Å². The number of benzene rings is 2. The molecule has 1 aromatic heterocycles. The molecular formula is C33H46FN3O2S2. The lowest BCUT2D eigenvalue weighted by Gasteiger charge is -2.11. The van der Waals surface area contributed by atoms with Crippen molar-refractivity contribution in [1.82, 2.24) is 0 Å². The van der Waals surface area contributed by atoms with Crippen molar-refractivity contribution < 1.29 is 13.7 Å². The molecule has 3 aromatic rings. The van der Waals surface area contributed by atoms with E-state index in [1.165, 1.54) is 28.6 Å². The Balaban J connectivity index is 0.000000584. The van der Waals surface area contributed by atoms with Crippen LogP contribution in [0.2, 0.25) is 0 Å². The number of hydrogen-bond donors (Lipinski definition) is 3. The second kappa shape index (κ2) is 19.2. The van der Waals surface area contributed by atoms with Crippen molar-refractivity contribution in [2.24, 2.45) is 11.1 Å². The van der Waals surface area contributed by atoms with Gasteiger partial charge in [-0.1, -0.05) is 72.7 Å². The molecule has 4 N–H and O–H groups in total. The molecule has 0 aliphatic carbocycles. The van der Waals surface area contributed by atoms with Gasteiger partial charge in [0.1, 0.15) is 33.6 Å². The molecule has 2 aromatic carbocycles. The van der Waals surface area contributed by atoms with Crippen LogP contribution >= 0.6 is 11.3 Å². The number of anilines is 1. The highest BCUT2D eigenvalue weighted by Gasteiger charge is 2.18. The van der Waals surface area contributed by atoms with E-state index in [4.69, 9.17) is 10.2 Å². The summed E-state index contributed by atoms with van der Waals surface area (Å²) in [7, 11) is -1.46. The molecule has 0 radical (unpaired) electrons. The van der Waals surface area contributed by atoms with Gasteiger partial charge in [0.25, 0.3) is 0 Å². The normalized spacial score (nSPS) is 11.6. The number of nitrogens with zero attached hydrogens (tertiary/aromatic N) is 1. The lowest BCUT2D eigenvalue weighted by molar-refractivity contribution is 0.460. The van der Waals surface area contributed by atoms with Crippen LogP contribution in [0.15, 0.2) is 59.1 Å². The molecule has 0 amide bonds. The van der Waals surface area contributed by atoms with Crippen molar-refractivity contribution in [1.29, 1.82) is 5.26 Å². The molecule has 1 atom stereocenters. The smallest absolute Gasteiger partial charge is 0.130 e. The quantitative estimate of drug-likeness (QED) is 0.205.